The van der Waals surface area contributed by atoms with Gasteiger partial charge in [-0.15, -0.1) is 12.4 Å². The van der Waals surface area contributed by atoms with E-state index in [2.05, 4.69) is 5.32 Å². The first kappa shape index (κ1) is 20.7. The number of aliphatic hydroxyl groups excluding tert-OH is 1. The molecule has 6 nitrogen and oxygen atoms in total. The SMILES string of the molecule is CC(C)Oc1ccc(C(O)CNC(=O)C2(N)CCOCC2)cc1.Cl. The Morgan fingerprint density at radius 1 is 1.33 bits per heavy atom. The maximum atomic E-state index is 12.2. The first-order valence-electron chi connectivity index (χ1n) is 8.00. The summed E-state index contributed by atoms with van der Waals surface area (Å²) in [6.07, 6.45) is 0.313. The van der Waals surface area contributed by atoms with E-state index in [9.17, 15) is 9.90 Å². The molecular weight excluding hydrogens is 332 g/mol. The van der Waals surface area contributed by atoms with Crippen molar-refractivity contribution >= 4 is 18.3 Å². The Morgan fingerprint density at radius 2 is 1.92 bits per heavy atom. The summed E-state index contributed by atoms with van der Waals surface area (Å²) in [4.78, 5) is 12.2. The van der Waals surface area contributed by atoms with Crippen molar-refractivity contribution < 1.29 is 19.4 Å². The van der Waals surface area contributed by atoms with E-state index in [1.165, 1.54) is 0 Å². The summed E-state index contributed by atoms with van der Waals surface area (Å²) in [5.74, 6) is 0.516. The molecule has 1 fully saturated rings. The van der Waals surface area contributed by atoms with Gasteiger partial charge in [0.25, 0.3) is 0 Å². The third kappa shape index (κ3) is 5.63. The van der Waals surface area contributed by atoms with Crippen molar-refractivity contribution in [2.45, 2.75) is 44.4 Å². The normalized spacial score (nSPS) is 17.7. The third-order valence-corrected chi connectivity index (χ3v) is 3.93. The molecule has 1 amide bonds. The Morgan fingerprint density at radius 3 is 2.46 bits per heavy atom. The van der Waals surface area contributed by atoms with Gasteiger partial charge in [0, 0.05) is 19.8 Å². The van der Waals surface area contributed by atoms with Crippen LogP contribution in [-0.4, -0.2) is 42.4 Å². The van der Waals surface area contributed by atoms with Crippen LogP contribution in [-0.2, 0) is 9.53 Å². The quantitative estimate of drug-likeness (QED) is 0.717. The van der Waals surface area contributed by atoms with E-state index in [0.717, 1.165) is 11.3 Å². The van der Waals surface area contributed by atoms with Crippen LogP contribution in [0.15, 0.2) is 24.3 Å². The Kier molecular flexibility index (Phi) is 7.96. The standard InChI is InChI=1S/C17H26N2O4.ClH/c1-12(2)23-14-5-3-13(4-6-14)15(20)11-19-16(21)17(18)7-9-22-10-8-17;/h3-6,12,15,20H,7-11,18H2,1-2H3,(H,19,21);1H. The van der Waals surface area contributed by atoms with Gasteiger partial charge in [0.15, 0.2) is 0 Å². The second-order valence-corrected chi connectivity index (χ2v) is 6.23. The molecule has 1 aliphatic rings. The lowest BCUT2D eigenvalue weighted by Crippen LogP contribution is -2.57. The van der Waals surface area contributed by atoms with Crippen LogP contribution in [0.25, 0.3) is 0 Å². The molecular formula is C17H27ClN2O4. The molecule has 0 aromatic heterocycles. The van der Waals surface area contributed by atoms with Crippen molar-refractivity contribution in [1.82, 2.24) is 5.32 Å². The van der Waals surface area contributed by atoms with Crippen LogP contribution in [0.1, 0.15) is 38.4 Å². The predicted molar refractivity (Wildman–Crippen MR) is 94.4 cm³/mol. The maximum Gasteiger partial charge on any atom is 0.240 e. The molecule has 0 bridgehead atoms. The zero-order chi connectivity index (χ0) is 16.9. The van der Waals surface area contributed by atoms with Gasteiger partial charge in [0.05, 0.1) is 17.7 Å². The molecule has 0 spiro atoms. The Hall–Kier alpha value is -1.34. The highest BCUT2D eigenvalue weighted by Gasteiger charge is 2.35. The Balaban J connectivity index is 0.00000288. The van der Waals surface area contributed by atoms with Gasteiger partial charge in [-0.05, 0) is 44.4 Å². The number of halogens is 1. The van der Waals surface area contributed by atoms with E-state index in [0.29, 0.717) is 26.1 Å². The molecule has 4 N–H and O–H groups in total. The summed E-state index contributed by atoms with van der Waals surface area (Å²) in [5.41, 5.74) is 5.93. The monoisotopic (exact) mass is 358 g/mol. The number of hydrogen-bond donors (Lipinski definition) is 3. The number of hydrogen-bond acceptors (Lipinski definition) is 5. The van der Waals surface area contributed by atoms with Gasteiger partial charge >= 0.3 is 0 Å². The highest BCUT2D eigenvalue weighted by Crippen LogP contribution is 2.20. The average Bonchev–Trinajstić information content (AvgIpc) is 2.53. The second kappa shape index (κ2) is 9.22. The summed E-state index contributed by atoms with van der Waals surface area (Å²) in [6, 6.07) is 7.20. The van der Waals surface area contributed by atoms with Crippen LogP contribution in [0.3, 0.4) is 0 Å². The summed E-state index contributed by atoms with van der Waals surface area (Å²) in [6.45, 7) is 5.02. The van der Waals surface area contributed by atoms with Gasteiger partial charge < -0.3 is 25.6 Å². The minimum Gasteiger partial charge on any atom is -0.491 e. The van der Waals surface area contributed by atoms with Crippen LogP contribution in [0.5, 0.6) is 5.75 Å². The van der Waals surface area contributed by atoms with Gasteiger partial charge in [0.2, 0.25) is 5.91 Å². The number of benzene rings is 1. The van der Waals surface area contributed by atoms with E-state index in [1.807, 2.05) is 26.0 Å². The molecule has 1 heterocycles. The average molecular weight is 359 g/mol. The molecule has 1 aliphatic heterocycles. The fourth-order valence-corrected chi connectivity index (χ4v) is 2.49. The summed E-state index contributed by atoms with van der Waals surface area (Å²) >= 11 is 0. The molecule has 0 saturated carbocycles. The molecule has 2 rings (SSSR count). The number of nitrogens with two attached hydrogens (primary N) is 1. The van der Waals surface area contributed by atoms with E-state index in [-0.39, 0.29) is 31.0 Å². The highest BCUT2D eigenvalue weighted by molar-refractivity contribution is 5.86. The molecule has 1 aromatic rings. The number of ether oxygens (including phenoxy) is 2. The van der Waals surface area contributed by atoms with Gasteiger partial charge in [-0.3, -0.25) is 4.79 Å². The van der Waals surface area contributed by atoms with Crippen molar-refractivity contribution in [3.63, 3.8) is 0 Å². The number of rotatable bonds is 6. The number of amides is 1. The predicted octanol–water partition coefficient (Wildman–Crippen LogP) is 1.55. The first-order chi connectivity index (χ1) is 10.9. The summed E-state index contributed by atoms with van der Waals surface area (Å²) < 4.78 is 10.8. The van der Waals surface area contributed by atoms with Crippen molar-refractivity contribution in [3.05, 3.63) is 29.8 Å². The van der Waals surface area contributed by atoms with Gasteiger partial charge in [-0.25, -0.2) is 0 Å². The number of carbonyl (C=O) groups excluding carboxylic acids is 1. The van der Waals surface area contributed by atoms with E-state index in [4.69, 9.17) is 15.2 Å². The zero-order valence-electron chi connectivity index (χ0n) is 14.2. The van der Waals surface area contributed by atoms with E-state index >= 15 is 0 Å². The lowest BCUT2D eigenvalue weighted by atomic mass is 9.90. The zero-order valence-corrected chi connectivity index (χ0v) is 15.0. The number of carbonyl (C=O) groups is 1. The summed E-state index contributed by atoms with van der Waals surface area (Å²) in [7, 11) is 0. The minimum atomic E-state index is -0.896. The molecule has 24 heavy (non-hydrogen) atoms. The molecule has 136 valence electrons. The van der Waals surface area contributed by atoms with Gasteiger partial charge in [-0.2, -0.15) is 0 Å². The van der Waals surface area contributed by atoms with Gasteiger partial charge in [-0.1, -0.05) is 12.1 Å². The Labute approximate surface area is 149 Å². The summed E-state index contributed by atoms with van der Waals surface area (Å²) in [5, 5.41) is 12.9. The van der Waals surface area contributed by atoms with Crippen molar-refractivity contribution in [2.75, 3.05) is 19.8 Å². The lowest BCUT2D eigenvalue weighted by molar-refractivity contribution is -0.130. The van der Waals surface area contributed by atoms with Crippen molar-refractivity contribution in [3.8, 4) is 5.75 Å². The molecule has 1 atom stereocenters. The van der Waals surface area contributed by atoms with Crippen LogP contribution in [0.4, 0.5) is 0 Å². The molecule has 0 aliphatic carbocycles. The smallest absolute Gasteiger partial charge is 0.240 e. The third-order valence-electron chi connectivity index (χ3n) is 3.93. The highest BCUT2D eigenvalue weighted by atomic mass is 35.5. The molecule has 1 saturated heterocycles. The fraction of sp³-hybridized carbons (Fsp3) is 0.588. The number of aliphatic hydroxyl groups is 1. The van der Waals surface area contributed by atoms with Crippen molar-refractivity contribution in [2.24, 2.45) is 5.73 Å². The van der Waals surface area contributed by atoms with E-state index in [1.54, 1.807) is 12.1 Å². The lowest BCUT2D eigenvalue weighted by Gasteiger charge is -2.32. The Bertz CT molecular complexity index is 516. The molecule has 7 heteroatoms. The molecule has 1 aromatic carbocycles. The van der Waals surface area contributed by atoms with Crippen LogP contribution in [0, 0.1) is 0 Å². The van der Waals surface area contributed by atoms with Crippen LogP contribution < -0.4 is 15.8 Å². The largest absolute Gasteiger partial charge is 0.491 e. The number of nitrogens with one attached hydrogen (secondary N) is 1. The molecule has 1 unspecified atom stereocenters. The topological polar surface area (TPSA) is 93.8 Å². The second-order valence-electron chi connectivity index (χ2n) is 6.23. The van der Waals surface area contributed by atoms with Gasteiger partial charge in [0.1, 0.15) is 5.75 Å². The fourth-order valence-electron chi connectivity index (χ4n) is 2.49. The van der Waals surface area contributed by atoms with Crippen LogP contribution in [0.2, 0.25) is 0 Å². The van der Waals surface area contributed by atoms with Crippen molar-refractivity contribution in [1.29, 1.82) is 0 Å². The maximum absolute atomic E-state index is 12.2. The molecule has 0 radical (unpaired) electrons. The first-order valence-corrected chi connectivity index (χ1v) is 8.00. The van der Waals surface area contributed by atoms with E-state index < -0.39 is 11.6 Å². The van der Waals surface area contributed by atoms with Crippen LogP contribution >= 0.6 is 12.4 Å². The minimum absolute atomic E-state index is 0.